The fraction of sp³-hybridized carbons (Fsp3) is 0.0556. The van der Waals surface area contributed by atoms with E-state index in [1.807, 2.05) is 40.3 Å². The number of allylic oxidation sites excluding steroid dienone is 1. The summed E-state index contributed by atoms with van der Waals surface area (Å²) in [7, 11) is -4.45. The van der Waals surface area contributed by atoms with E-state index >= 15 is 0 Å². The largest absolute Gasteiger partial charge is 0.744 e. The van der Waals surface area contributed by atoms with Gasteiger partial charge >= 0.3 is 0 Å². The first-order valence-corrected chi connectivity index (χ1v) is 9.73. The van der Waals surface area contributed by atoms with Crippen molar-refractivity contribution in [3.63, 3.8) is 0 Å². The standard InChI is InChI=1S/C18H16N2O3S2/c1-2-12-20-17(14-6-4-3-5-7-14)13-24-18(20)19-15-8-10-16(11-9-15)25(21,22)23/h2-11,13H,1,12H2,(H,21,22,23)/p-1. The van der Waals surface area contributed by atoms with Gasteiger partial charge < -0.3 is 9.12 Å². The molecule has 7 heteroatoms. The van der Waals surface area contributed by atoms with Crippen molar-refractivity contribution in [3.05, 3.63) is 77.4 Å². The molecule has 0 spiro atoms. The molecule has 2 aromatic carbocycles. The summed E-state index contributed by atoms with van der Waals surface area (Å²) in [6, 6.07) is 15.5. The van der Waals surface area contributed by atoms with Gasteiger partial charge in [0.05, 0.1) is 16.3 Å². The highest BCUT2D eigenvalue weighted by Gasteiger charge is 2.07. The topological polar surface area (TPSA) is 74.5 Å². The molecule has 0 saturated heterocycles. The Balaban J connectivity index is 2.06. The lowest BCUT2D eigenvalue weighted by atomic mass is 10.2. The van der Waals surface area contributed by atoms with Crippen LogP contribution in [0.15, 0.2) is 82.5 Å². The lowest BCUT2D eigenvalue weighted by Gasteiger charge is -2.07. The highest BCUT2D eigenvalue weighted by Crippen LogP contribution is 2.21. The Morgan fingerprint density at radius 3 is 2.40 bits per heavy atom. The van der Waals surface area contributed by atoms with E-state index in [1.54, 1.807) is 6.08 Å². The summed E-state index contributed by atoms with van der Waals surface area (Å²) in [4.78, 5) is 5.06. The normalized spacial score (nSPS) is 12.3. The smallest absolute Gasteiger partial charge is 0.190 e. The molecule has 0 saturated carbocycles. The summed E-state index contributed by atoms with van der Waals surface area (Å²) in [5, 5.41) is 2.02. The molecule has 0 aliphatic heterocycles. The number of rotatable bonds is 5. The second-order valence-electron chi connectivity index (χ2n) is 5.23. The molecule has 0 radical (unpaired) electrons. The first-order chi connectivity index (χ1) is 12.0. The average Bonchev–Trinajstić information content (AvgIpc) is 2.98. The molecular weight excluding hydrogens is 356 g/mol. The molecule has 0 unspecified atom stereocenters. The van der Waals surface area contributed by atoms with Crippen molar-refractivity contribution in [1.82, 2.24) is 4.57 Å². The van der Waals surface area contributed by atoms with Crippen LogP contribution in [0.5, 0.6) is 0 Å². The maximum atomic E-state index is 11.0. The van der Waals surface area contributed by atoms with Crippen LogP contribution < -0.4 is 4.80 Å². The Hall–Kier alpha value is -2.48. The molecule has 5 nitrogen and oxygen atoms in total. The van der Waals surface area contributed by atoms with Crippen molar-refractivity contribution in [2.45, 2.75) is 11.4 Å². The highest BCUT2D eigenvalue weighted by atomic mass is 32.2. The Bertz CT molecular complexity index is 1050. The van der Waals surface area contributed by atoms with Gasteiger partial charge in [-0.25, -0.2) is 13.4 Å². The monoisotopic (exact) mass is 371 g/mol. The van der Waals surface area contributed by atoms with Gasteiger partial charge in [0.2, 0.25) is 0 Å². The van der Waals surface area contributed by atoms with Gasteiger partial charge in [-0.15, -0.1) is 17.9 Å². The van der Waals surface area contributed by atoms with Crippen molar-refractivity contribution in [1.29, 1.82) is 0 Å². The molecule has 1 heterocycles. The van der Waals surface area contributed by atoms with Gasteiger partial charge in [0.15, 0.2) is 4.80 Å². The average molecular weight is 371 g/mol. The number of benzene rings is 2. The Labute approximate surface area is 150 Å². The molecule has 3 aromatic rings. The fourth-order valence-corrected chi connectivity index (χ4v) is 3.77. The van der Waals surface area contributed by atoms with Crippen LogP contribution in [0.3, 0.4) is 0 Å². The Kier molecular flexibility index (Phi) is 4.98. The Morgan fingerprint density at radius 2 is 1.80 bits per heavy atom. The molecule has 0 atom stereocenters. The molecular formula is C18H15N2O3S2-. The zero-order valence-electron chi connectivity index (χ0n) is 13.2. The number of hydrogen-bond acceptors (Lipinski definition) is 5. The van der Waals surface area contributed by atoms with Crippen molar-refractivity contribution in [2.75, 3.05) is 0 Å². The summed E-state index contributed by atoms with van der Waals surface area (Å²) in [6.07, 6.45) is 1.80. The van der Waals surface area contributed by atoms with Crippen molar-refractivity contribution in [2.24, 2.45) is 4.99 Å². The molecule has 0 N–H and O–H groups in total. The molecule has 0 bridgehead atoms. The predicted octanol–water partition coefficient (Wildman–Crippen LogP) is 3.54. The number of aromatic nitrogens is 1. The maximum Gasteiger partial charge on any atom is 0.190 e. The van der Waals surface area contributed by atoms with Crippen molar-refractivity contribution >= 4 is 27.1 Å². The SMILES string of the molecule is C=CCn1c(-c2ccccc2)csc1=Nc1ccc(S(=O)(=O)[O-])cc1. The van der Waals surface area contributed by atoms with Gasteiger partial charge in [-0.1, -0.05) is 36.4 Å². The van der Waals surface area contributed by atoms with Crippen LogP contribution in [0.4, 0.5) is 5.69 Å². The van der Waals surface area contributed by atoms with Crippen LogP contribution in [-0.4, -0.2) is 17.5 Å². The van der Waals surface area contributed by atoms with Gasteiger partial charge in [-0.3, -0.25) is 0 Å². The van der Waals surface area contributed by atoms with Crippen LogP contribution >= 0.6 is 11.3 Å². The maximum absolute atomic E-state index is 11.0. The molecule has 0 amide bonds. The summed E-state index contributed by atoms with van der Waals surface area (Å²) in [6.45, 7) is 4.39. The van der Waals surface area contributed by atoms with E-state index in [-0.39, 0.29) is 4.90 Å². The summed E-state index contributed by atoms with van der Waals surface area (Å²) in [5.41, 5.74) is 2.68. The van der Waals surface area contributed by atoms with Crippen LogP contribution in [0.25, 0.3) is 11.3 Å². The highest BCUT2D eigenvalue weighted by molar-refractivity contribution is 7.85. The minimum Gasteiger partial charge on any atom is -0.744 e. The third kappa shape index (κ3) is 3.96. The van der Waals surface area contributed by atoms with E-state index in [1.165, 1.54) is 35.6 Å². The van der Waals surface area contributed by atoms with Crippen LogP contribution in [-0.2, 0) is 16.7 Å². The van der Waals surface area contributed by atoms with Gasteiger partial charge in [0.1, 0.15) is 10.1 Å². The lowest BCUT2D eigenvalue weighted by Crippen LogP contribution is -2.14. The zero-order chi connectivity index (χ0) is 17.9. The molecule has 25 heavy (non-hydrogen) atoms. The summed E-state index contributed by atoms with van der Waals surface area (Å²) in [5.74, 6) is 0. The number of nitrogens with zero attached hydrogens (tertiary/aromatic N) is 2. The van der Waals surface area contributed by atoms with Gasteiger partial charge in [-0.2, -0.15) is 0 Å². The van der Waals surface area contributed by atoms with E-state index in [9.17, 15) is 13.0 Å². The van der Waals surface area contributed by atoms with E-state index < -0.39 is 10.1 Å². The lowest BCUT2D eigenvalue weighted by molar-refractivity contribution is 0.463. The van der Waals surface area contributed by atoms with E-state index in [2.05, 4.69) is 11.6 Å². The first kappa shape index (κ1) is 17.3. The van der Waals surface area contributed by atoms with Crippen LogP contribution in [0.1, 0.15) is 0 Å². The van der Waals surface area contributed by atoms with Crippen LogP contribution in [0.2, 0.25) is 0 Å². The van der Waals surface area contributed by atoms with E-state index in [0.717, 1.165) is 16.1 Å². The molecule has 128 valence electrons. The number of thiazole rings is 1. The zero-order valence-corrected chi connectivity index (χ0v) is 14.8. The van der Waals surface area contributed by atoms with Crippen molar-refractivity contribution in [3.8, 4) is 11.3 Å². The minimum atomic E-state index is -4.45. The van der Waals surface area contributed by atoms with Gasteiger partial charge in [0, 0.05) is 11.9 Å². The quantitative estimate of drug-likeness (QED) is 0.508. The minimum absolute atomic E-state index is 0.262. The summed E-state index contributed by atoms with van der Waals surface area (Å²) >= 11 is 1.48. The molecule has 0 aliphatic rings. The third-order valence-electron chi connectivity index (χ3n) is 3.53. The first-order valence-electron chi connectivity index (χ1n) is 7.44. The van der Waals surface area contributed by atoms with Gasteiger partial charge in [0.25, 0.3) is 0 Å². The third-order valence-corrected chi connectivity index (χ3v) is 5.24. The second kappa shape index (κ2) is 7.18. The number of hydrogen-bond donors (Lipinski definition) is 0. The molecule has 0 fully saturated rings. The second-order valence-corrected chi connectivity index (χ2v) is 7.44. The molecule has 0 aliphatic carbocycles. The summed E-state index contributed by atoms with van der Waals surface area (Å²) < 4.78 is 35.0. The fourth-order valence-electron chi connectivity index (χ4n) is 2.36. The predicted molar refractivity (Wildman–Crippen MR) is 97.6 cm³/mol. The van der Waals surface area contributed by atoms with Crippen LogP contribution in [0, 0.1) is 0 Å². The Morgan fingerprint density at radius 1 is 1.12 bits per heavy atom. The molecule has 1 aromatic heterocycles. The van der Waals surface area contributed by atoms with E-state index in [4.69, 9.17) is 0 Å². The van der Waals surface area contributed by atoms with Gasteiger partial charge in [-0.05, 0) is 29.8 Å². The van der Waals surface area contributed by atoms with E-state index in [0.29, 0.717) is 12.2 Å². The van der Waals surface area contributed by atoms with Crippen molar-refractivity contribution < 1.29 is 13.0 Å². The molecule has 3 rings (SSSR count).